The van der Waals surface area contributed by atoms with Crippen LogP contribution in [0.25, 0.3) is 0 Å². The molecule has 2 aromatic carbocycles. The van der Waals surface area contributed by atoms with E-state index >= 15 is 0 Å². The monoisotopic (exact) mass is 487 g/mol. The molecule has 2 aliphatic carbocycles. The number of hydrogen-bond donors (Lipinski definition) is 3. The molecule has 0 saturated heterocycles. The summed E-state index contributed by atoms with van der Waals surface area (Å²) in [6.07, 6.45) is 2.38. The highest BCUT2D eigenvalue weighted by Crippen LogP contribution is 2.62. The molecule has 0 heterocycles. The average Bonchev–Trinajstić information content (AvgIpc) is 3.37. The van der Waals surface area contributed by atoms with Crippen molar-refractivity contribution in [3.05, 3.63) is 64.5 Å². The summed E-state index contributed by atoms with van der Waals surface area (Å²) in [4.78, 5) is 12.1. The summed E-state index contributed by atoms with van der Waals surface area (Å²) < 4.78 is 20.1. The van der Waals surface area contributed by atoms with Crippen LogP contribution in [-0.2, 0) is 22.4 Å². The molecule has 3 N–H and O–H groups in total. The summed E-state index contributed by atoms with van der Waals surface area (Å²) in [5.41, 5.74) is 3.98. The number of aliphatic carboxylic acids is 1. The molecule has 5 atom stereocenters. The highest BCUT2D eigenvalue weighted by atomic mass is 32.2. The second kappa shape index (κ2) is 9.97. The smallest absolute Gasteiger partial charge is 0.307 e. The average molecular weight is 488 g/mol. The number of thioether (sulfide) groups is 1. The molecule has 1 fully saturated rings. The quantitative estimate of drug-likeness (QED) is 0.403. The number of fused-ring (bicyclic) bond motifs is 3. The number of β-amino-alcohol motifs (C(OH)–C–C–N with tert-alkyl or cyclic N) is 1. The van der Waals surface area contributed by atoms with Gasteiger partial charge in [-0.2, -0.15) is 0 Å². The predicted molar refractivity (Wildman–Crippen MR) is 132 cm³/mol. The van der Waals surface area contributed by atoms with Crippen molar-refractivity contribution < 1.29 is 24.1 Å². The van der Waals surface area contributed by atoms with Gasteiger partial charge in [0.15, 0.2) is 0 Å². The first-order valence-corrected chi connectivity index (χ1v) is 13.1. The lowest BCUT2D eigenvalue weighted by molar-refractivity contribution is -0.139. The van der Waals surface area contributed by atoms with E-state index in [0.717, 1.165) is 23.1 Å². The number of aliphatic hydroxyl groups excluding tert-OH is 1. The van der Waals surface area contributed by atoms with E-state index in [-0.39, 0.29) is 41.8 Å². The number of carbonyl (C=O) groups is 1. The molecule has 0 aliphatic heterocycles. The van der Waals surface area contributed by atoms with Crippen LogP contribution < -0.4 is 5.32 Å². The van der Waals surface area contributed by atoms with Gasteiger partial charge < -0.3 is 20.3 Å². The Hall–Kier alpha value is -1.93. The van der Waals surface area contributed by atoms with E-state index in [0.29, 0.717) is 17.9 Å². The van der Waals surface area contributed by atoms with Gasteiger partial charge in [0.05, 0.1) is 24.7 Å². The van der Waals surface area contributed by atoms with Gasteiger partial charge in [-0.1, -0.05) is 24.3 Å². The van der Waals surface area contributed by atoms with Gasteiger partial charge in [-0.3, -0.25) is 4.79 Å². The first-order valence-electron chi connectivity index (χ1n) is 11.8. The van der Waals surface area contributed by atoms with Crippen LogP contribution in [-0.4, -0.2) is 47.2 Å². The van der Waals surface area contributed by atoms with E-state index in [1.54, 1.807) is 12.1 Å². The molecule has 2 aliphatic rings. The lowest BCUT2D eigenvalue weighted by atomic mass is 9.94. The molecule has 4 rings (SSSR count). The molecule has 0 radical (unpaired) electrons. The minimum atomic E-state index is -0.712. The topological polar surface area (TPSA) is 78.8 Å². The maximum absolute atomic E-state index is 14.1. The number of aliphatic hydroxyl groups is 1. The zero-order chi connectivity index (χ0) is 24.6. The maximum atomic E-state index is 14.1. The summed E-state index contributed by atoms with van der Waals surface area (Å²) in [6, 6.07) is 11.4. The van der Waals surface area contributed by atoms with Crippen LogP contribution in [0.15, 0.2) is 41.3 Å². The van der Waals surface area contributed by atoms with Gasteiger partial charge >= 0.3 is 5.97 Å². The third-order valence-corrected chi connectivity index (χ3v) is 7.90. The van der Waals surface area contributed by atoms with Gasteiger partial charge in [0.2, 0.25) is 0 Å². The molecular formula is C27H34FNO4S. The lowest BCUT2D eigenvalue weighted by Gasteiger charge is -2.28. The summed E-state index contributed by atoms with van der Waals surface area (Å²) in [6.45, 7) is 6.53. The molecule has 2 aromatic rings. The van der Waals surface area contributed by atoms with Gasteiger partial charge in [-0.05, 0) is 80.2 Å². The molecule has 0 aromatic heterocycles. The SMILES string of the molecule is CSc1ccc(CC(C)(C)NCC(O)CO[C@H](C)c2cccc3c2[C@@H]2[C@H](C3)[C@H]2C(=O)O)cc1F. The molecule has 0 bridgehead atoms. The zero-order valence-electron chi connectivity index (χ0n) is 20.2. The minimum absolute atomic E-state index is 0.0944. The van der Waals surface area contributed by atoms with Crippen molar-refractivity contribution in [2.75, 3.05) is 19.4 Å². The lowest BCUT2D eigenvalue weighted by Crippen LogP contribution is -2.46. The molecule has 5 nitrogen and oxygen atoms in total. The highest BCUT2D eigenvalue weighted by molar-refractivity contribution is 7.98. The molecular weight excluding hydrogens is 453 g/mol. The van der Waals surface area contributed by atoms with Crippen LogP contribution in [0.3, 0.4) is 0 Å². The second-order valence-corrected chi connectivity index (χ2v) is 11.1. The van der Waals surface area contributed by atoms with Gasteiger partial charge in [0.25, 0.3) is 0 Å². The van der Waals surface area contributed by atoms with Crippen LogP contribution in [0.2, 0.25) is 0 Å². The Bertz CT molecular complexity index is 1060. The molecule has 0 spiro atoms. The Morgan fingerprint density at radius 1 is 1.32 bits per heavy atom. The number of hydrogen-bond acceptors (Lipinski definition) is 5. The normalized spacial score (nSPS) is 22.7. The van der Waals surface area contributed by atoms with E-state index in [4.69, 9.17) is 4.74 Å². The summed E-state index contributed by atoms with van der Waals surface area (Å²) in [5, 5.41) is 23.4. The maximum Gasteiger partial charge on any atom is 0.307 e. The van der Waals surface area contributed by atoms with Gasteiger partial charge in [-0.25, -0.2) is 4.39 Å². The Balaban J connectivity index is 1.29. The highest BCUT2D eigenvalue weighted by Gasteiger charge is 2.60. The summed E-state index contributed by atoms with van der Waals surface area (Å²) >= 11 is 1.39. The van der Waals surface area contributed by atoms with E-state index < -0.39 is 12.1 Å². The number of carboxylic acid groups (broad SMARTS) is 1. The number of ether oxygens (including phenoxy) is 1. The molecule has 184 valence electrons. The summed E-state index contributed by atoms with van der Waals surface area (Å²) in [5.74, 6) is -0.887. The molecule has 1 unspecified atom stereocenters. The number of halogens is 1. The first-order chi connectivity index (χ1) is 16.1. The van der Waals surface area contributed by atoms with Gasteiger partial charge in [0, 0.05) is 22.9 Å². The number of nitrogens with one attached hydrogen (secondary N) is 1. The van der Waals surface area contributed by atoms with Crippen LogP contribution in [0.4, 0.5) is 4.39 Å². The summed E-state index contributed by atoms with van der Waals surface area (Å²) in [7, 11) is 0. The second-order valence-electron chi connectivity index (χ2n) is 10.2. The molecule has 1 saturated carbocycles. The van der Waals surface area contributed by atoms with Crippen molar-refractivity contribution in [3.8, 4) is 0 Å². The molecule has 34 heavy (non-hydrogen) atoms. The zero-order valence-corrected chi connectivity index (χ0v) is 21.0. The van der Waals surface area contributed by atoms with E-state index in [1.165, 1.54) is 17.3 Å². The van der Waals surface area contributed by atoms with Crippen LogP contribution in [0.5, 0.6) is 0 Å². The van der Waals surface area contributed by atoms with Crippen molar-refractivity contribution >= 4 is 17.7 Å². The van der Waals surface area contributed by atoms with Gasteiger partial charge in [-0.15, -0.1) is 11.8 Å². The van der Waals surface area contributed by atoms with Gasteiger partial charge in [0.1, 0.15) is 5.82 Å². The van der Waals surface area contributed by atoms with Crippen molar-refractivity contribution in [1.82, 2.24) is 5.32 Å². The number of rotatable bonds is 11. The van der Waals surface area contributed by atoms with Crippen LogP contribution >= 0.6 is 11.8 Å². The van der Waals surface area contributed by atoms with E-state index in [1.807, 2.05) is 45.2 Å². The van der Waals surface area contributed by atoms with Crippen molar-refractivity contribution in [1.29, 1.82) is 0 Å². The van der Waals surface area contributed by atoms with E-state index in [2.05, 4.69) is 11.4 Å². The van der Waals surface area contributed by atoms with Crippen molar-refractivity contribution in [2.45, 2.75) is 62.2 Å². The first kappa shape index (κ1) is 25.2. The fourth-order valence-corrected chi connectivity index (χ4v) is 5.83. The van der Waals surface area contributed by atoms with Crippen LogP contribution in [0.1, 0.15) is 55.0 Å². The number of benzene rings is 2. The Kier molecular flexibility index (Phi) is 7.38. The standard InChI is InChI=1S/C27H34FNO4S/c1-15(19-7-5-6-17-11-20-24(23(17)19)25(20)26(31)32)33-14-18(30)13-29-27(2,3)12-16-8-9-22(34-4)21(28)10-16/h5-10,15,18,20,24-25,29-30H,11-14H2,1-4H3,(H,31,32)/t15-,18?,20+,24+,25-/m1/s1. The van der Waals surface area contributed by atoms with E-state index in [9.17, 15) is 19.4 Å². The predicted octanol–water partition coefficient (Wildman–Crippen LogP) is 4.57. The van der Waals surface area contributed by atoms with Crippen molar-refractivity contribution in [2.24, 2.45) is 11.8 Å². The fraction of sp³-hybridized carbons (Fsp3) is 0.519. The Labute approximate surface area is 205 Å². The minimum Gasteiger partial charge on any atom is -0.481 e. The Morgan fingerprint density at radius 2 is 2.09 bits per heavy atom. The van der Waals surface area contributed by atoms with Crippen molar-refractivity contribution in [3.63, 3.8) is 0 Å². The third kappa shape index (κ3) is 5.33. The third-order valence-electron chi connectivity index (χ3n) is 7.13. The molecule has 7 heteroatoms. The molecule has 0 amide bonds. The largest absolute Gasteiger partial charge is 0.481 e. The van der Waals surface area contributed by atoms with Crippen LogP contribution in [0, 0.1) is 17.7 Å². The fourth-order valence-electron chi connectivity index (χ4n) is 5.37. The number of carboxylic acids is 1. The Morgan fingerprint density at radius 3 is 2.76 bits per heavy atom.